The largest absolute Gasteiger partial charge is 0.508 e. The van der Waals surface area contributed by atoms with E-state index in [2.05, 4.69) is 25.9 Å². The zero-order valence-electron chi connectivity index (χ0n) is 26.0. The van der Waals surface area contributed by atoms with E-state index in [4.69, 9.17) is 17.2 Å². The highest BCUT2D eigenvalue weighted by Gasteiger charge is 2.31. The van der Waals surface area contributed by atoms with Crippen LogP contribution in [0.5, 0.6) is 5.75 Å². The molecule has 0 radical (unpaired) electrons. The summed E-state index contributed by atoms with van der Waals surface area (Å²) in [5.74, 6) is -3.15. The molecule has 3 amide bonds. The van der Waals surface area contributed by atoms with E-state index in [1.54, 1.807) is 18.3 Å². The zero-order valence-corrected chi connectivity index (χ0v) is 26.0. The zero-order chi connectivity index (χ0) is 33.8. The highest BCUT2D eigenvalue weighted by molar-refractivity contribution is 5.94. The summed E-state index contributed by atoms with van der Waals surface area (Å²) in [7, 11) is 0. The summed E-state index contributed by atoms with van der Waals surface area (Å²) in [5.41, 5.74) is 19.0. The van der Waals surface area contributed by atoms with E-state index in [1.165, 1.54) is 12.1 Å². The first-order valence-electron chi connectivity index (χ1n) is 15.1. The van der Waals surface area contributed by atoms with Crippen LogP contribution in [-0.2, 0) is 32.0 Å². The van der Waals surface area contributed by atoms with Crippen LogP contribution in [0.25, 0.3) is 10.9 Å². The van der Waals surface area contributed by atoms with Crippen LogP contribution in [-0.4, -0.2) is 75.6 Å². The van der Waals surface area contributed by atoms with Gasteiger partial charge in [-0.15, -0.1) is 0 Å². The monoisotopic (exact) mass is 636 g/mol. The van der Waals surface area contributed by atoms with Gasteiger partial charge in [0, 0.05) is 36.5 Å². The standard InChI is InChI=1S/C32H44N8O6/c1-18(2)14-23(33)28(42)38-25(8-5-13-36-32(34)35)29(43)39-26(15-19-9-11-21(41)12-10-19)30(44)40-27(31(45)46)16-20-17-37-24-7-4-3-6-22(20)24/h3-4,6-7,9-12,17-18,23,25-27,37,41H,5,8,13-16,33H2,1-2H3,(H,38,42)(H,39,43)(H,40,44)(H,45,46)(H4,34,35,36). The summed E-state index contributed by atoms with van der Waals surface area (Å²) in [5, 5.41) is 28.5. The van der Waals surface area contributed by atoms with E-state index in [9.17, 15) is 29.4 Å². The van der Waals surface area contributed by atoms with Crippen molar-refractivity contribution in [3.05, 3.63) is 65.9 Å². The molecule has 0 fully saturated rings. The Labute approximate surface area is 267 Å². The molecule has 0 aliphatic heterocycles. The second-order valence-electron chi connectivity index (χ2n) is 11.6. The van der Waals surface area contributed by atoms with Gasteiger partial charge in [-0.2, -0.15) is 0 Å². The van der Waals surface area contributed by atoms with Gasteiger partial charge in [0.1, 0.15) is 23.9 Å². The molecule has 1 aromatic heterocycles. The number of para-hydroxylation sites is 1. The number of nitrogens with two attached hydrogens (primary N) is 3. The summed E-state index contributed by atoms with van der Waals surface area (Å²) in [6.45, 7) is 4.04. The molecule has 12 N–H and O–H groups in total. The van der Waals surface area contributed by atoms with Crippen LogP contribution in [0, 0.1) is 5.92 Å². The first-order chi connectivity index (χ1) is 21.8. The fourth-order valence-corrected chi connectivity index (χ4v) is 5.01. The smallest absolute Gasteiger partial charge is 0.326 e. The summed E-state index contributed by atoms with van der Waals surface area (Å²) in [6.07, 6.45) is 2.51. The molecule has 0 aliphatic rings. The number of phenols is 1. The third-order valence-corrected chi connectivity index (χ3v) is 7.36. The number of rotatable bonds is 17. The molecule has 46 heavy (non-hydrogen) atoms. The maximum atomic E-state index is 13.7. The number of fused-ring (bicyclic) bond motifs is 1. The van der Waals surface area contributed by atoms with E-state index in [1.807, 2.05) is 38.1 Å². The predicted molar refractivity (Wildman–Crippen MR) is 175 cm³/mol. The second kappa shape index (κ2) is 16.8. The van der Waals surface area contributed by atoms with Crippen molar-refractivity contribution in [1.82, 2.24) is 20.9 Å². The van der Waals surface area contributed by atoms with Gasteiger partial charge >= 0.3 is 5.97 Å². The third-order valence-electron chi connectivity index (χ3n) is 7.36. The number of nitrogens with zero attached hydrogens (tertiary/aromatic N) is 1. The van der Waals surface area contributed by atoms with Crippen molar-refractivity contribution in [2.45, 2.75) is 70.1 Å². The topological polar surface area (TPSA) is 251 Å². The van der Waals surface area contributed by atoms with Gasteiger partial charge in [0.15, 0.2) is 5.96 Å². The van der Waals surface area contributed by atoms with Crippen LogP contribution >= 0.6 is 0 Å². The maximum absolute atomic E-state index is 13.7. The lowest BCUT2D eigenvalue weighted by atomic mass is 10.0. The predicted octanol–water partition coefficient (Wildman–Crippen LogP) is 0.625. The maximum Gasteiger partial charge on any atom is 0.326 e. The van der Waals surface area contributed by atoms with Crippen molar-refractivity contribution >= 4 is 40.6 Å². The molecule has 3 rings (SSSR count). The lowest BCUT2D eigenvalue weighted by Crippen LogP contribution is -2.58. The van der Waals surface area contributed by atoms with Crippen molar-refractivity contribution in [3.8, 4) is 5.75 Å². The number of phenolic OH excluding ortho intramolecular Hbond substituents is 1. The van der Waals surface area contributed by atoms with Crippen LogP contribution < -0.4 is 33.2 Å². The number of aliphatic carboxylic acids is 1. The normalized spacial score (nSPS) is 13.7. The number of nitrogens with one attached hydrogen (secondary N) is 4. The molecule has 0 saturated heterocycles. The highest BCUT2D eigenvalue weighted by atomic mass is 16.4. The third kappa shape index (κ3) is 10.8. The van der Waals surface area contributed by atoms with Gasteiger partial charge in [0.25, 0.3) is 0 Å². The number of guanidine groups is 1. The molecule has 14 heteroatoms. The SMILES string of the molecule is CC(C)CC(N)C(=O)NC(CCCN=C(N)N)C(=O)NC(Cc1ccc(O)cc1)C(=O)NC(Cc1c[nH]c2ccccc12)C(=O)O. The quantitative estimate of drug-likeness (QED) is 0.0571. The molecule has 248 valence electrons. The molecule has 14 nitrogen and oxygen atoms in total. The first kappa shape index (κ1) is 35.4. The van der Waals surface area contributed by atoms with Gasteiger partial charge in [-0.25, -0.2) is 4.79 Å². The van der Waals surface area contributed by atoms with E-state index >= 15 is 0 Å². The Balaban J connectivity index is 1.83. The number of aromatic nitrogens is 1. The summed E-state index contributed by atoms with van der Waals surface area (Å²) in [6, 6.07) is 8.95. The van der Waals surface area contributed by atoms with Gasteiger partial charge in [0.2, 0.25) is 17.7 Å². The molecule has 4 unspecified atom stereocenters. The molecule has 0 aliphatic carbocycles. The Morgan fingerprint density at radius 3 is 2.15 bits per heavy atom. The van der Waals surface area contributed by atoms with E-state index < -0.39 is 47.9 Å². The van der Waals surface area contributed by atoms with Crippen molar-refractivity contribution in [1.29, 1.82) is 0 Å². The van der Waals surface area contributed by atoms with Crippen LogP contribution in [0.4, 0.5) is 0 Å². The van der Waals surface area contributed by atoms with Crippen molar-refractivity contribution in [3.63, 3.8) is 0 Å². The molecule has 2 aromatic carbocycles. The number of carboxylic acids is 1. The number of carbonyl (C=O) groups excluding carboxylic acids is 3. The Morgan fingerprint density at radius 1 is 0.870 bits per heavy atom. The number of aromatic hydroxyl groups is 1. The van der Waals surface area contributed by atoms with Crippen molar-refractivity contribution in [2.24, 2.45) is 28.1 Å². The minimum absolute atomic E-state index is 0.0117. The highest BCUT2D eigenvalue weighted by Crippen LogP contribution is 2.19. The number of benzene rings is 2. The molecule has 0 saturated carbocycles. The molecule has 0 bridgehead atoms. The summed E-state index contributed by atoms with van der Waals surface area (Å²) in [4.78, 5) is 59.5. The van der Waals surface area contributed by atoms with Gasteiger partial charge in [0.05, 0.1) is 6.04 Å². The summed E-state index contributed by atoms with van der Waals surface area (Å²) < 4.78 is 0. The number of hydrogen-bond donors (Lipinski definition) is 9. The minimum Gasteiger partial charge on any atom is -0.508 e. The van der Waals surface area contributed by atoms with Crippen molar-refractivity contribution < 1.29 is 29.4 Å². The Morgan fingerprint density at radius 2 is 1.50 bits per heavy atom. The number of aromatic amines is 1. The van der Waals surface area contributed by atoms with E-state index in [-0.39, 0.29) is 43.4 Å². The number of carboxylic acid groups (broad SMARTS) is 1. The molecule has 3 aromatic rings. The van der Waals surface area contributed by atoms with E-state index in [0.717, 1.165) is 10.9 Å². The Kier molecular flexibility index (Phi) is 12.9. The molecular formula is C32H44N8O6. The second-order valence-corrected chi connectivity index (χ2v) is 11.6. The van der Waals surface area contributed by atoms with E-state index in [0.29, 0.717) is 24.0 Å². The fourth-order valence-electron chi connectivity index (χ4n) is 5.01. The summed E-state index contributed by atoms with van der Waals surface area (Å²) >= 11 is 0. The Hall–Kier alpha value is -5.11. The molecule has 1 heterocycles. The van der Waals surface area contributed by atoms with Crippen LogP contribution in [0.2, 0.25) is 0 Å². The van der Waals surface area contributed by atoms with Gasteiger partial charge < -0.3 is 48.3 Å². The van der Waals surface area contributed by atoms with Gasteiger partial charge in [-0.3, -0.25) is 19.4 Å². The molecular weight excluding hydrogens is 592 g/mol. The number of hydrogen-bond acceptors (Lipinski definition) is 7. The lowest BCUT2D eigenvalue weighted by molar-refractivity contribution is -0.142. The van der Waals surface area contributed by atoms with Crippen LogP contribution in [0.1, 0.15) is 44.2 Å². The van der Waals surface area contributed by atoms with Crippen molar-refractivity contribution in [2.75, 3.05) is 6.54 Å². The molecule has 0 spiro atoms. The average Bonchev–Trinajstić information content (AvgIpc) is 3.41. The number of aliphatic imine (C=N–C) groups is 1. The fraction of sp³-hybridized carbons (Fsp3) is 0.406. The number of H-pyrrole nitrogens is 1. The number of carbonyl (C=O) groups is 4. The average molecular weight is 637 g/mol. The van der Waals surface area contributed by atoms with Crippen LogP contribution in [0.3, 0.4) is 0 Å². The molecule has 4 atom stereocenters. The first-order valence-corrected chi connectivity index (χ1v) is 15.1. The van der Waals surface area contributed by atoms with Gasteiger partial charge in [-0.05, 0) is 54.5 Å². The van der Waals surface area contributed by atoms with Crippen LogP contribution in [0.15, 0.2) is 59.7 Å². The lowest BCUT2D eigenvalue weighted by Gasteiger charge is -2.25. The Bertz CT molecular complexity index is 1520. The van der Waals surface area contributed by atoms with Gasteiger partial charge in [-0.1, -0.05) is 44.2 Å². The minimum atomic E-state index is -1.31. The number of amides is 3.